The Morgan fingerprint density at radius 1 is 1.06 bits per heavy atom. The quantitative estimate of drug-likeness (QED) is 0.134. The van der Waals surface area contributed by atoms with Gasteiger partial charge < -0.3 is 9.47 Å². The van der Waals surface area contributed by atoms with E-state index in [2.05, 4.69) is 42.4 Å². The third-order valence-corrected chi connectivity index (χ3v) is 5.13. The van der Waals surface area contributed by atoms with E-state index in [0.29, 0.717) is 21.3 Å². The lowest BCUT2D eigenvalue weighted by Crippen LogP contribution is -2.24. The van der Waals surface area contributed by atoms with Crippen LogP contribution in [0.25, 0.3) is 0 Å². The second-order valence-electron chi connectivity index (χ2n) is 6.43. The molecule has 3 aromatic rings. The van der Waals surface area contributed by atoms with Crippen LogP contribution in [0.3, 0.4) is 0 Å². The maximum absolute atomic E-state index is 12.3. The summed E-state index contributed by atoms with van der Waals surface area (Å²) in [6.45, 7) is -0.349. The molecule has 0 heterocycles. The van der Waals surface area contributed by atoms with Gasteiger partial charge in [-0.1, -0.05) is 34.1 Å². The molecule has 3 aromatic carbocycles. The van der Waals surface area contributed by atoms with E-state index in [-0.39, 0.29) is 18.0 Å². The van der Waals surface area contributed by atoms with Crippen LogP contribution in [-0.4, -0.2) is 29.6 Å². The Morgan fingerprint density at radius 3 is 2.58 bits per heavy atom. The maximum Gasteiger partial charge on any atom is 0.343 e. The summed E-state index contributed by atoms with van der Waals surface area (Å²) in [7, 11) is 0. The number of hydrogen-bond donors (Lipinski definition) is 1. The molecule has 0 aromatic heterocycles. The van der Waals surface area contributed by atoms with Crippen LogP contribution in [0, 0.1) is 10.1 Å². The fourth-order valence-electron chi connectivity index (χ4n) is 2.51. The molecule has 9 nitrogen and oxygen atoms in total. The van der Waals surface area contributed by atoms with Crippen LogP contribution < -0.4 is 14.9 Å². The summed E-state index contributed by atoms with van der Waals surface area (Å²) in [5.74, 6) is -0.441. The van der Waals surface area contributed by atoms with Gasteiger partial charge in [0.2, 0.25) is 0 Å². The molecule has 0 aliphatic heterocycles. The zero-order chi connectivity index (χ0) is 23.8. The highest BCUT2D eigenvalue weighted by molar-refractivity contribution is 9.10. The van der Waals surface area contributed by atoms with Gasteiger partial charge in [0, 0.05) is 16.6 Å². The largest absolute Gasteiger partial charge is 0.483 e. The molecule has 0 aliphatic rings. The minimum absolute atomic E-state index is 0.104. The molecule has 0 bridgehead atoms. The monoisotopic (exact) mass is 575 g/mol. The number of nitro benzene ring substituents is 1. The summed E-state index contributed by atoms with van der Waals surface area (Å²) in [5, 5.41) is 14.6. The predicted octanol–water partition coefficient (Wildman–Crippen LogP) is 4.87. The Bertz CT molecular complexity index is 1230. The summed E-state index contributed by atoms with van der Waals surface area (Å²) >= 11 is 6.47. The highest BCUT2D eigenvalue weighted by Crippen LogP contribution is 2.29. The standard InChI is InChI=1S/C22H15Br2N3O6/c23-16-5-2-4-15(10-16)22(29)33-18-6-1-3-14(9-18)12-25-26-21(28)13-32-20-8-7-17(27(30)31)11-19(20)24/h1-12H,13H2,(H,26,28)/b25-12-. The molecule has 0 unspecified atom stereocenters. The smallest absolute Gasteiger partial charge is 0.343 e. The number of ether oxygens (including phenoxy) is 2. The molecule has 0 atom stereocenters. The number of benzene rings is 3. The number of non-ortho nitro benzene ring substituents is 1. The van der Waals surface area contributed by atoms with E-state index in [0.717, 1.165) is 4.47 Å². The van der Waals surface area contributed by atoms with Crippen molar-refractivity contribution in [1.82, 2.24) is 5.43 Å². The van der Waals surface area contributed by atoms with E-state index in [1.165, 1.54) is 24.4 Å². The average molecular weight is 577 g/mol. The normalized spacial score (nSPS) is 10.6. The molecular weight excluding hydrogens is 562 g/mol. The summed E-state index contributed by atoms with van der Waals surface area (Å²) in [6, 6.07) is 17.4. The van der Waals surface area contributed by atoms with Gasteiger partial charge in [-0.3, -0.25) is 14.9 Å². The molecule has 0 saturated carbocycles. The van der Waals surface area contributed by atoms with Gasteiger partial charge in [0.05, 0.1) is 21.2 Å². The van der Waals surface area contributed by atoms with Crippen LogP contribution in [0.4, 0.5) is 5.69 Å². The number of amides is 1. The third-order valence-electron chi connectivity index (χ3n) is 4.02. The molecular formula is C22H15Br2N3O6. The van der Waals surface area contributed by atoms with Crippen LogP contribution in [0.1, 0.15) is 15.9 Å². The van der Waals surface area contributed by atoms with Crippen molar-refractivity contribution in [3.63, 3.8) is 0 Å². The Hall–Kier alpha value is -3.57. The van der Waals surface area contributed by atoms with Gasteiger partial charge in [-0.05, 0) is 57.9 Å². The summed E-state index contributed by atoms with van der Waals surface area (Å²) < 4.78 is 11.8. The fraction of sp³-hybridized carbons (Fsp3) is 0.0455. The first kappa shape index (κ1) is 24.1. The first-order chi connectivity index (χ1) is 15.8. The van der Waals surface area contributed by atoms with E-state index in [4.69, 9.17) is 9.47 Å². The van der Waals surface area contributed by atoms with Crippen molar-refractivity contribution in [2.24, 2.45) is 5.10 Å². The lowest BCUT2D eigenvalue weighted by atomic mass is 10.2. The van der Waals surface area contributed by atoms with Crippen molar-refractivity contribution in [2.75, 3.05) is 6.61 Å². The number of esters is 1. The minimum Gasteiger partial charge on any atom is -0.483 e. The number of nitro groups is 1. The molecule has 168 valence electrons. The Morgan fingerprint density at radius 2 is 1.85 bits per heavy atom. The number of carbonyl (C=O) groups is 2. The molecule has 1 N–H and O–H groups in total. The van der Waals surface area contributed by atoms with Gasteiger partial charge in [-0.25, -0.2) is 10.2 Å². The average Bonchev–Trinajstić information content (AvgIpc) is 2.78. The first-order valence-electron chi connectivity index (χ1n) is 9.28. The van der Waals surface area contributed by atoms with Crippen molar-refractivity contribution >= 4 is 55.6 Å². The Kier molecular flexibility index (Phi) is 8.28. The van der Waals surface area contributed by atoms with Crippen LogP contribution in [0.5, 0.6) is 11.5 Å². The Labute approximate surface area is 204 Å². The molecule has 1 amide bonds. The second kappa shape index (κ2) is 11.3. The summed E-state index contributed by atoms with van der Waals surface area (Å²) in [4.78, 5) is 34.4. The first-order valence-corrected chi connectivity index (χ1v) is 10.9. The van der Waals surface area contributed by atoms with Crippen LogP contribution in [-0.2, 0) is 4.79 Å². The number of rotatable bonds is 8. The van der Waals surface area contributed by atoms with Crippen molar-refractivity contribution in [3.8, 4) is 11.5 Å². The van der Waals surface area contributed by atoms with Crippen molar-refractivity contribution in [2.45, 2.75) is 0 Å². The highest BCUT2D eigenvalue weighted by Gasteiger charge is 2.11. The van der Waals surface area contributed by atoms with E-state index in [9.17, 15) is 19.7 Å². The van der Waals surface area contributed by atoms with Crippen LogP contribution >= 0.6 is 31.9 Å². The van der Waals surface area contributed by atoms with Crippen molar-refractivity contribution in [1.29, 1.82) is 0 Å². The van der Waals surface area contributed by atoms with Gasteiger partial charge in [-0.15, -0.1) is 0 Å². The third kappa shape index (κ3) is 7.22. The molecule has 0 aliphatic carbocycles. The molecule has 11 heteroatoms. The Balaban J connectivity index is 1.52. The number of hydrogen-bond acceptors (Lipinski definition) is 7. The zero-order valence-corrected chi connectivity index (χ0v) is 19.9. The number of halogens is 2. The molecule has 0 saturated heterocycles. The number of nitrogens with zero attached hydrogens (tertiary/aromatic N) is 2. The lowest BCUT2D eigenvalue weighted by Gasteiger charge is -2.07. The van der Waals surface area contributed by atoms with Crippen molar-refractivity contribution < 1.29 is 24.0 Å². The van der Waals surface area contributed by atoms with Gasteiger partial charge in [0.25, 0.3) is 11.6 Å². The van der Waals surface area contributed by atoms with E-state index < -0.39 is 16.8 Å². The summed E-state index contributed by atoms with van der Waals surface area (Å²) in [5.41, 5.74) is 3.20. The van der Waals surface area contributed by atoms with Gasteiger partial charge in [-0.2, -0.15) is 5.10 Å². The molecule has 0 fully saturated rings. The molecule has 33 heavy (non-hydrogen) atoms. The van der Waals surface area contributed by atoms with Crippen LogP contribution in [0.2, 0.25) is 0 Å². The second-order valence-corrected chi connectivity index (χ2v) is 8.20. The number of carbonyl (C=O) groups excluding carboxylic acids is 2. The summed E-state index contributed by atoms with van der Waals surface area (Å²) in [6.07, 6.45) is 1.39. The SMILES string of the molecule is O=C(COc1ccc([N+](=O)[O-])cc1Br)N/N=C\c1cccc(OC(=O)c2cccc(Br)c2)c1. The topological polar surface area (TPSA) is 120 Å². The molecule has 0 radical (unpaired) electrons. The fourth-order valence-corrected chi connectivity index (χ4v) is 3.39. The molecule has 0 spiro atoms. The minimum atomic E-state index is -0.535. The lowest BCUT2D eigenvalue weighted by molar-refractivity contribution is -0.384. The number of nitrogens with one attached hydrogen (secondary N) is 1. The van der Waals surface area contributed by atoms with Gasteiger partial charge >= 0.3 is 5.97 Å². The zero-order valence-electron chi connectivity index (χ0n) is 16.7. The van der Waals surface area contributed by atoms with Crippen LogP contribution in [0.15, 0.2) is 80.8 Å². The van der Waals surface area contributed by atoms with E-state index in [1.807, 2.05) is 0 Å². The van der Waals surface area contributed by atoms with Gasteiger partial charge in [0.1, 0.15) is 11.5 Å². The van der Waals surface area contributed by atoms with E-state index in [1.54, 1.807) is 48.5 Å². The predicted molar refractivity (Wildman–Crippen MR) is 128 cm³/mol. The number of hydrazone groups is 1. The highest BCUT2D eigenvalue weighted by atomic mass is 79.9. The van der Waals surface area contributed by atoms with Crippen molar-refractivity contribution in [3.05, 3.63) is 96.9 Å². The molecule has 3 rings (SSSR count). The van der Waals surface area contributed by atoms with E-state index >= 15 is 0 Å². The van der Waals surface area contributed by atoms with Gasteiger partial charge in [0.15, 0.2) is 6.61 Å². The maximum atomic E-state index is 12.3.